The number of carbonyl (C=O) groups excluding carboxylic acids is 2. The minimum Gasteiger partial charge on any atom is -0.344 e. The molecule has 0 heterocycles. The number of hydrogen-bond donors (Lipinski definition) is 3. The average Bonchev–Trinajstić information content (AvgIpc) is 2.03. The van der Waals surface area contributed by atoms with Crippen LogP contribution < -0.4 is 16.2 Å². The molecule has 0 saturated carbocycles. The highest BCUT2D eigenvalue weighted by atomic mass is 32.2. The number of nitrogens with one attached hydrogen (secondary N) is 3. The van der Waals surface area contributed by atoms with Crippen LogP contribution in [0.4, 0.5) is 0 Å². The first-order valence-electron chi connectivity index (χ1n) is 3.84. The first-order chi connectivity index (χ1) is 6.11. The van der Waals surface area contributed by atoms with Crippen molar-refractivity contribution < 1.29 is 9.59 Å². The lowest BCUT2D eigenvalue weighted by Crippen LogP contribution is -2.50. The summed E-state index contributed by atoms with van der Waals surface area (Å²) in [6.07, 6.45) is 1.88. The van der Waals surface area contributed by atoms with Gasteiger partial charge in [0, 0.05) is 19.7 Å². The molecule has 13 heavy (non-hydrogen) atoms. The maximum atomic E-state index is 11.3. The van der Waals surface area contributed by atoms with Crippen LogP contribution in [0.1, 0.15) is 6.92 Å². The molecule has 0 saturated heterocycles. The van der Waals surface area contributed by atoms with E-state index >= 15 is 0 Å². The standard InChI is InChI=1S/C7H15N3O2S/c1-5(11)9-6(4-13-3)7(12)10-8-2/h6,8H,4H2,1-3H3,(H,9,11)(H,10,12)/t6-/m0/s1. The summed E-state index contributed by atoms with van der Waals surface area (Å²) < 4.78 is 0. The van der Waals surface area contributed by atoms with Gasteiger partial charge in [0.15, 0.2) is 0 Å². The fourth-order valence-corrected chi connectivity index (χ4v) is 1.37. The van der Waals surface area contributed by atoms with Gasteiger partial charge < -0.3 is 5.32 Å². The van der Waals surface area contributed by atoms with E-state index in [1.807, 2.05) is 6.26 Å². The summed E-state index contributed by atoms with van der Waals surface area (Å²) in [5.74, 6) is 0.130. The van der Waals surface area contributed by atoms with Gasteiger partial charge in [0.25, 0.3) is 5.91 Å². The fourth-order valence-electron chi connectivity index (χ4n) is 0.805. The molecule has 0 fully saturated rings. The summed E-state index contributed by atoms with van der Waals surface area (Å²) in [6, 6.07) is -0.472. The van der Waals surface area contributed by atoms with Crippen molar-refractivity contribution in [3.05, 3.63) is 0 Å². The number of amides is 2. The van der Waals surface area contributed by atoms with Crippen LogP contribution in [0.3, 0.4) is 0 Å². The summed E-state index contributed by atoms with van der Waals surface area (Å²) >= 11 is 1.50. The lowest BCUT2D eigenvalue weighted by Gasteiger charge is -2.15. The summed E-state index contributed by atoms with van der Waals surface area (Å²) in [7, 11) is 1.60. The minimum atomic E-state index is -0.472. The molecule has 0 aromatic carbocycles. The van der Waals surface area contributed by atoms with Gasteiger partial charge in [-0.15, -0.1) is 0 Å². The Balaban J connectivity index is 4.06. The van der Waals surface area contributed by atoms with Crippen LogP contribution >= 0.6 is 11.8 Å². The summed E-state index contributed by atoms with van der Waals surface area (Å²) in [5, 5.41) is 2.55. The highest BCUT2D eigenvalue weighted by Crippen LogP contribution is 1.97. The fraction of sp³-hybridized carbons (Fsp3) is 0.714. The first-order valence-corrected chi connectivity index (χ1v) is 5.23. The molecule has 76 valence electrons. The zero-order valence-corrected chi connectivity index (χ0v) is 8.83. The Bertz CT molecular complexity index is 187. The van der Waals surface area contributed by atoms with Crippen molar-refractivity contribution in [3.8, 4) is 0 Å². The van der Waals surface area contributed by atoms with Gasteiger partial charge in [-0.2, -0.15) is 11.8 Å². The topological polar surface area (TPSA) is 70.2 Å². The van der Waals surface area contributed by atoms with Gasteiger partial charge in [-0.05, 0) is 6.26 Å². The Labute approximate surface area is 82.0 Å². The Kier molecular flexibility index (Phi) is 6.34. The van der Waals surface area contributed by atoms with Gasteiger partial charge >= 0.3 is 0 Å². The van der Waals surface area contributed by atoms with Gasteiger partial charge in [0.05, 0.1) is 0 Å². The molecular weight excluding hydrogens is 190 g/mol. The normalized spacial score (nSPS) is 11.9. The largest absolute Gasteiger partial charge is 0.344 e. The molecular formula is C7H15N3O2S. The smallest absolute Gasteiger partial charge is 0.257 e. The van der Waals surface area contributed by atoms with Gasteiger partial charge in [-0.25, -0.2) is 5.43 Å². The van der Waals surface area contributed by atoms with Crippen molar-refractivity contribution in [2.24, 2.45) is 0 Å². The van der Waals surface area contributed by atoms with Crippen molar-refractivity contribution in [2.45, 2.75) is 13.0 Å². The van der Waals surface area contributed by atoms with Crippen LogP contribution in [-0.2, 0) is 9.59 Å². The maximum Gasteiger partial charge on any atom is 0.257 e. The average molecular weight is 205 g/mol. The highest BCUT2D eigenvalue weighted by Gasteiger charge is 2.17. The van der Waals surface area contributed by atoms with E-state index in [0.717, 1.165) is 0 Å². The quantitative estimate of drug-likeness (QED) is 0.509. The third-order valence-corrected chi connectivity index (χ3v) is 1.94. The van der Waals surface area contributed by atoms with Crippen molar-refractivity contribution >= 4 is 23.6 Å². The predicted octanol–water partition coefficient (Wildman–Crippen LogP) is -0.895. The highest BCUT2D eigenvalue weighted by molar-refractivity contribution is 7.98. The third-order valence-electron chi connectivity index (χ3n) is 1.28. The van der Waals surface area contributed by atoms with E-state index in [1.165, 1.54) is 18.7 Å². The second kappa shape index (κ2) is 6.73. The van der Waals surface area contributed by atoms with E-state index in [0.29, 0.717) is 5.75 Å². The molecule has 0 radical (unpaired) electrons. The zero-order chi connectivity index (χ0) is 10.3. The van der Waals surface area contributed by atoms with Crippen molar-refractivity contribution in [2.75, 3.05) is 19.1 Å². The molecule has 2 amide bonds. The van der Waals surface area contributed by atoms with Crippen LogP contribution in [0.5, 0.6) is 0 Å². The summed E-state index contributed by atoms with van der Waals surface area (Å²) in [6.45, 7) is 1.39. The lowest BCUT2D eigenvalue weighted by atomic mass is 10.3. The predicted molar refractivity (Wildman–Crippen MR) is 53.2 cm³/mol. The molecule has 0 bridgehead atoms. The van der Waals surface area contributed by atoms with Crippen molar-refractivity contribution in [1.82, 2.24) is 16.2 Å². The lowest BCUT2D eigenvalue weighted by molar-refractivity contribution is -0.128. The molecule has 6 heteroatoms. The Morgan fingerprint density at radius 1 is 1.46 bits per heavy atom. The van der Waals surface area contributed by atoms with E-state index in [4.69, 9.17) is 0 Å². The molecule has 0 unspecified atom stereocenters. The van der Waals surface area contributed by atoms with Crippen LogP contribution in [0.2, 0.25) is 0 Å². The van der Waals surface area contributed by atoms with Crippen LogP contribution in [-0.4, -0.2) is 36.9 Å². The second-order valence-corrected chi connectivity index (χ2v) is 3.36. The van der Waals surface area contributed by atoms with Gasteiger partial charge in [0.1, 0.15) is 6.04 Å². The molecule has 3 N–H and O–H groups in total. The van der Waals surface area contributed by atoms with Gasteiger partial charge in [-0.3, -0.25) is 15.0 Å². The van der Waals surface area contributed by atoms with Gasteiger partial charge in [-0.1, -0.05) is 0 Å². The number of thioether (sulfide) groups is 1. The van der Waals surface area contributed by atoms with Crippen LogP contribution in [0, 0.1) is 0 Å². The third kappa shape index (κ3) is 5.48. The zero-order valence-electron chi connectivity index (χ0n) is 8.01. The first kappa shape index (κ1) is 12.2. The summed E-state index contributed by atoms with van der Waals surface area (Å²) in [4.78, 5) is 22.0. The van der Waals surface area contributed by atoms with Crippen LogP contribution in [0.25, 0.3) is 0 Å². The molecule has 0 aliphatic heterocycles. The Morgan fingerprint density at radius 2 is 2.08 bits per heavy atom. The Morgan fingerprint density at radius 3 is 2.46 bits per heavy atom. The van der Waals surface area contributed by atoms with E-state index in [1.54, 1.807) is 7.05 Å². The van der Waals surface area contributed by atoms with E-state index in [-0.39, 0.29) is 11.8 Å². The molecule has 5 nitrogen and oxygen atoms in total. The van der Waals surface area contributed by atoms with E-state index in [2.05, 4.69) is 16.2 Å². The molecule has 0 rings (SSSR count). The number of hydrogen-bond acceptors (Lipinski definition) is 4. The molecule has 0 aromatic rings. The van der Waals surface area contributed by atoms with E-state index in [9.17, 15) is 9.59 Å². The minimum absolute atomic E-state index is 0.203. The molecule has 0 aromatic heterocycles. The van der Waals surface area contributed by atoms with E-state index < -0.39 is 6.04 Å². The van der Waals surface area contributed by atoms with Gasteiger partial charge in [0.2, 0.25) is 5.91 Å². The molecule has 0 spiro atoms. The number of hydrazine groups is 1. The molecule has 0 aliphatic rings. The Hall–Kier alpha value is -0.750. The van der Waals surface area contributed by atoms with Crippen LogP contribution in [0.15, 0.2) is 0 Å². The SMILES string of the molecule is CNNC(=O)[C@H](CSC)NC(C)=O. The molecule has 0 aliphatic carbocycles. The second-order valence-electron chi connectivity index (χ2n) is 2.45. The van der Waals surface area contributed by atoms with Crippen molar-refractivity contribution in [3.63, 3.8) is 0 Å². The molecule has 1 atom stereocenters. The monoisotopic (exact) mass is 205 g/mol. The maximum absolute atomic E-state index is 11.3. The summed E-state index contributed by atoms with van der Waals surface area (Å²) in [5.41, 5.74) is 4.94. The number of carbonyl (C=O) groups is 2. The van der Waals surface area contributed by atoms with Crippen molar-refractivity contribution in [1.29, 1.82) is 0 Å². The number of rotatable bonds is 5.